The van der Waals surface area contributed by atoms with E-state index in [0.717, 1.165) is 6.07 Å². The summed E-state index contributed by atoms with van der Waals surface area (Å²) in [6.07, 6.45) is -7.87. The molecule has 1 N–H and O–H groups in total. The second-order valence-corrected chi connectivity index (χ2v) is 6.32. The molecule has 0 aliphatic carbocycles. The van der Waals surface area contributed by atoms with E-state index >= 15 is 0 Å². The molecular formula is C19H18F4N2O5. The van der Waals surface area contributed by atoms with Gasteiger partial charge in [-0.05, 0) is 43.3 Å². The average Bonchev–Trinajstić information content (AvgIpc) is 3.33. The number of halogens is 4. The van der Waals surface area contributed by atoms with Crippen LogP contribution in [0.1, 0.15) is 29.7 Å². The maximum Gasteiger partial charge on any atom is 0.312 e. The molecule has 3 rings (SSSR count). The Bertz CT molecular complexity index is 916. The van der Waals surface area contributed by atoms with Gasteiger partial charge in [0.25, 0.3) is 12.9 Å². The fourth-order valence-corrected chi connectivity index (χ4v) is 2.73. The molecule has 1 aliphatic rings. The Hall–Kier alpha value is -3.08. The number of aliphatic hydroxyl groups is 1. The van der Waals surface area contributed by atoms with Crippen LogP contribution in [0.5, 0.6) is 11.5 Å². The smallest absolute Gasteiger partial charge is 0.312 e. The van der Waals surface area contributed by atoms with Gasteiger partial charge < -0.3 is 19.0 Å². The van der Waals surface area contributed by atoms with Crippen molar-refractivity contribution in [3.05, 3.63) is 47.9 Å². The lowest BCUT2D eigenvalue weighted by atomic mass is 10.1. The highest BCUT2D eigenvalue weighted by Gasteiger charge is 2.53. The van der Waals surface area contributed by atoms with E-state index in [2.05, 4.69) is 5.10 Å². The molecule has 0 unspecified atom stereocenters. The van der Waals surface area contributed by atoms with Crippen LogP contribution in [0, 0.1) is 0 Å². The predicted octanol–water partition coefficient (Wildman–Crippen LogP) is 3.68. The molecule has 1 aromatic heterocycles. The zero-order valence-electron chi connectivity index (χ0n) is 15.7. The molecule has 0 fully saturated rings. The Labute approximate surface area is 168 Å². The molecule has 2 aromatic rings. The average molecular weight is 430 g/mol. The quantitative estimate of drug-likeness (QED) is 0.646. The normalized spacial score (nSPS) is 18.8. The number of rotatable bonds is 8. The molecule has 1 amide bonds. The number of ether oxygens (including phenoxy) is 2. The summed E-state index contributed by atoms with van der Waals surface area (Å²) in [5.74, 6) is -0.415. The molecule has 1 aliphatic heterocycles. The van der Waals surface area contributed by atoms with Gasteiger partial charge in [0.1, 0.15) is 29.6 Å². The first kappa shape index (κ1) is 21.6. The molecule has 7 nitrogen and oxygen atoms in total. The first-order valence-electron chi connectivity index (χ1n) is 8.89. The maximum atomic E-state index is 13.3. The van der Waals surface area contributed by atoms with Gasteiger partial charge in [0.2, 0.25) is 5.72 Å². The van der Waals surface area contributed by atoms with Crippen LogP contribution in [0.3, 0.4) is 0 Å². The van der Waals surface area contributed by atoms with Gasteiger partial charge in [-0.2, -0.15) is 10.1 Å². The van der Waals surface area contributed by atoms with Crippen molar-refractivity contribution in [3.8, 4) is 11.5 Å². The zero-order valence-corrected chi connectivity index (χ0v) is 15.7. The minimum absolute atomic E-state index is 0.0604. The van der Waals surface area contributed by atoms with Gasteiger partial charge >= 0.3 is 5.91 Å². The van der Waals surface area contributed by atoms with Crippen molar-refractivity contribution in [2.24, 2.45) is 5.10 Å². The van der Waals surface area contributed by atoms with Crippen LogP contribution in [0.25, 0.3) is 0 Å². The molecular weight excluding hydrogens is 412 g/mol. The van der Waals surface area contributed by atoms with E-state index in [0.29, 0.717) is 18.1 Å². The third kappa shape index (κ3) is 4.40. The molecule has 162 valence electrons. The summed E-state index contributed by atoms with van der Waals surface area (Å²) >= 11 is 0. The van der Waals surface area contributed by atoms with Gasteiger partial charge in [-0.3, -0.25) is 4.79 Å². The van der Waals surface area contributed by atoms with Gasteiger partial charge in [0, 0.05) is 6.42 Å². The molecule has 1 aromatic carbocycles. The van der Waals surface area contributed by atoms with Crippen molar-refractivity contribution >= 4 is 11.6 Å². The van der Waals surface area contributed by atoms with E-state index in [-0.39, 0.29) is 17.4 Å². The second kappa shape index (κ2) is 8.74. The largest absolute Gasteiger partial charge is 0.494 e. The number of hydrogen-bond acceptors (Lipinski definition) is 6. The number of furan rings is 1. The molecule has 0 saturated heterocycles. The second-order valence-electron chi connectivity index (χ2n) is 6.32. The van der Waals surface area contributed by atoms with E-state index in [9.17, 15) is 27.5 Å². The Morgan fingerprint density at radius 2 is 1.80 bits per heavy atom. The lowest BCUT2D eigenvalue weighted by Crippen LogP contribution is -2.51. The predicted molar refractivity (Wildman–Crippen MR) is 95.8 cm³/mol. The van der Waals surface area contributed by atoms with Gasteiger partial charge in [-0.1, -0.05) is 0 Å². The number of amides is 1. The standard InChI is InChI=1S/C19H18F4N2O5/c1-2-28-11-3-5-12(6-4-11)29-10-13-7-8-15(30-13)17(26)25-19(27,18(22)23)9-14(24-25)16(20)21/h3-8,16,18,27H,2,9-10H2,1H3/t19-/m0/s1. The van der Waals surface area contributed by atoms with Crippen LogP contribution in [-0.4, -0.2) is 46.9 Å². The summed E-state index contributed by atoms with van der Waals surface area (Å²) in [5, 5.41) is 13.2. The van der Waals surface area contributed by atoms with E-state index in [1.807, 2.05) is 6.92 Å². The Morgan fingerprint density at radius 3 is 2.37 bits per heavy atom. The minimum Gasteiger partial charge on any atom is -0.494 e. The van der Waals surface area contributed by atoms with Crippen molar-refractivity contribution < 1.29 is 41.4 Å². The topological polar surface area (TPSA) is 84.5 Å². The number of hydrogen-bond donors (Lipinski definition) is 1. The van der Waals surface area contributed by atoms with Gasteiger partial charge in [-0.25, -0.2) is 17.6 Å². The van der Waals surface area contributed by atoms with Crippen molar-refractivity contribution in [1.82, 2.24) is 5.01 Å². The molecule has 1 atom stereocenters. The highest BCUT2D eigenvalue weighted by Crippen LogP contribution is 2.34. The number of carbonyl (C=O) groups is 1. The summed E-state index contributed by atoms with van der Waals surface area (Å²) < 4.78 is 68.3. The van der Waals surface area contributed by atoms with Crippen molar-refractivity contribution in [3.63, 3.8) is 0 Å². The van der Waals surface area contributed by atoms with Crippen molar-refractivity contribution in [2.45, 2.75) is 38.5 Å². The van der Waals surface area contributed by atoms with E-state index in [4.69, 9.17) is 13.9 Å². The Morgan fingerprint density at radius 1 is 1.17 bits per heavy atom. The monoisotopic (exact) mass is 430 g/mol. The third-order valence-corrected chi connectivity index (χ3v) is 4.22. The van der Waals surface area contributed by atoms with Crippen LogP contribution in [0.15, 0.2) is 45.9 Å². The summed E-state index contributed by atoms with van der Waals surface area (Å²) in [6.45, 7) is 2.28. The number of hydrazone groups is 1. The van der Waals surface area contributed by atoms with E-state index in [1.165, 1.54) is 6.07 Å². The number of benzene rings is 1. The van der Waals surface area contributed by atoms with Crippen molar-refractivity contribution in [2.75, 3.05) is 6.61 Å². The molecule has 0 spiro atoms. The summed E-state index contributed by atoms with van der Waals surface area (Å²) in [6, 6.07) is 9.24. The van der Waals surface area contributed by atoms with Crippen LogP contribution in [-0.2, 0) is 6.61 Å². The van der Waals surface area contributed by atoms with Crippen molar-refractivity contribution in [1.29, 1.82) is 0 Å². The number of carbonyl (C=O) groups excluding carboxylic acids is 1. The Balaban J connectivity index is 1.69. The lowest BCUT2D eigenvalue weighted by molar-refractivity contribution is -0.164. The summed E-state index contributed by atoms with van der Waals surface area (Å²) in [7, 11) is 0. The van der Waals surface area contributed by atoms with Gasteiger partial charge in [0.15, 0.2) is 5.76 Å². The van der Waals surface area contributed by atoms with Crippen LogP contribution < -0.4 is 9.47 Å². The summed E-state index contributed by atoms with van der Waals surface area (Å²) in [5.41, 5.74) is -4.19. The summed E-state index contributed by atoms with van der Waals surface area (Å²) in [4.78, 5) is 12.5. The molecule has 11 heteroatoms. The number of nitrogens with zero attached hydrogens (tertiary/aromatic N) is 2. The highest BCUT2D eigenvalue weighted by molar-refractivity contribution is 5.97. The zero-order chi connectivity index (χ0) is 21.9. The highest BCUT2D eigenvalue weighted by atomic mass is 19.3. The molecule has 0 bridgehead atoms. The molecule has 0 radical (unpaired) electrons. The molecule has 2 heterocycles. The van der Waals surface area contributed by atoms with Gasteiger partial charge in [0.05, 0.1) is 6.61 Å². The minimum atomic E-state index is -3.51. The first-order chi connectivity index (χ1) is 14.2. The fraction of sp³-hybridized carbons (Fsp3) is 0.368. The first-order valence-corrected chi connectivity index (χ1v) is 8.89. The van der Waals surface area contributed by atoms with Gasteiger partial charge in [-0.15, -0.1) is 0 Å². The van der Waals surface area contributed by atoms with Crippen LogP contribution >= 0.6 is 0 Å². The lowest BCUT2D eigenvalue weighted by Gasteiger charge is -2.29. The van der Waals surface area contributed by atoms with E-state index < -0.39 is 42.4 Å². The SMILES string of the molecule is CCOc1ccc(OCc2ccc(C(=O)N3N=C(C(F)F)C[C@]3(O)C(F)F)o2)cc1. The van der Waals surface area contributed by atoms with E-state index in [1.54, 1.807) is 24.3 Å². The number of alkyl halides is 4. The molecule has 30 heavy (non-hydrogen) atoms. The van der Waals surface area contributed by atoms with Crippen LogP contribution in [0.2, 0.25) is 0 Å². The molecule has 0 saturated carbocycles. The fourth-order valence-electron chi connectivity index (χ4n) is 2.73. The third-order valence-electron chi connectivity index (χ3n) is 4.22. The Kier molecular flexibility index (Phi) is 6.30. The van der Waals surface area contributed by atoms with Crippen LogP contribution in [0.4, 0.5) is 17.6 Å². The maximum absolute atomic E-state index is 13.3.